The minimum atomic E-state index is -0.424. The van der Waals surface area contributed by atoms with Crippen molar-refractivity contribution in [3.8, 4) is 11.5 Å². The quantitative estimate of drug-likeness (QED) is 0.108. The van der Waals surface area contributed by atoms with E-state index in [1.165, 1.54) is 12.1 Å². The van der Waals surface area contributed by atoms with E-state index in [-0.39, 0.29) is 25.0 Å². The number of nitro groups is 2. The van der Waals surface area contributed by atoms with Crippen LogP contribution in [0.3, 0.4) is 0 Å². The molecule has 0 fully saturated rings. The van der Waals surface area contributed by atoms with E-state index in [1.54, 1.807) is 24.3 Å². The Bertz CT molecular complexity index is 1090. The molecular weight excluding hydrogens is 544 g/mol. The van der Waals surface area contributed by atoms with E-state index >= 15 is 0 Å². The fraction of sp³-hybridized carbons (Fsp3) is 0.600. The van der Waals surface area contributed by atoms with Crippen molar-refractivity contribution in [2.24, 2.45) is 0 Å². The van der Waals surface area contributed by atoms with Gasteiger partial charge in [-0.05, 0) is 78.6 Å². The average Bonchev–Trinajstić information content (AvgIpc) is 2.89. The Balaban J connectivity index is 2.28. The molecule has 0 aromatic heterocycles. The monoisotopic (exact) mass is 590 g/mol. The first-order chi connectivity index (χ1) is 19.6. The van der Waals surface area contributed by atoms with Crippen LogP contribution >= 0.6 is 0 Å². The van der Waals surface area contributed by atoms with Gasteiger partial charge in [0.05, 0.1) is 33.2 Å². The van der Waals surface area contributed by atoms with Crippen LogP contribution < -0.4 is 19.3 Å². The lowest BCUT2D eigenvalue weighted by molar-refractivity contribution is -0.384. The largest absolute Gasteiger partial charge is 0.467 e. The zero-order valence-electron chi connectivity index (χ0n) is 26.2. The first kappa shape index (κ1) is 34.6. The Morgan fingerprint density at radius 3 is 1.29 bits per heavy atom. The highest BCUT2D eigenvalue weighted by Crippen LogP contribution is 2.35. The van der Waals surface area contributed by atoms with Crippen molar-refractivity contribution >= 4 is 22.7 Å². The number of hydrogen-bond acceptors (Lipinski definition) is 10. The van der Waals surface area contributed by atoms with Gasteiger partial charge in [0.1, 0.15) is 22.9 Å². The second-order valence-corrected chi connectivity index (χ2v) is 11.8. The maximum atomic E-state index is 12.0. The third-order valence-corrected chi connectivity index (χ3v) is 6.03. The van der Waals surface area contributed by atoms with Crippen molar-refractivity contribution < 1.29 is 28.8 Å². The zero-order valence-corrected chi connectivity index (χ0v) is 26.2. The Kier molecular flexibility index (Phi) is 12.8. The lowest BCUT2D eigenvalue weighted by Crippen LogP contribution is -2.36. The molecule has 0 spiro atoms. The zero-order chi connectivity index (χ0) is 31.5. The van der Waals surface area contributed by atoms with Gasteiger partial charge in [-0.1, -0.05) is 13.8 Å². The van der Waals surface area contributed by atoms with Gasteiger partial charge in [-0.25, -0.2) is 0 Å². The van der Waals surface area contributed by atoms with Crippen molar-refractivity contribution in [1.82, 2.24) is 0 Å². The van der Waals surface area contributed by atoms with Gasteiger partial charge >= 0.3 is 0 Å². The second kappa shape index (κ2) is 15.5. The molecule has 0 saturated carbocycles. The Hall–Kier alpha value is -3.64. The summed E-state index contributed by atoms with van der Waals surface area (Å²) in [6.07, 6.45) is 1.51. The predicted octanol–water partition coefficient (Wildman–Crippen LogP) is 6.94. The minimum absolute atomic E-state index is 0.0309. The minimum Gasteiger partial charge on any atom is -0.467 e. The van der Waals surface area contributed by atoms with Gasteiger partial charge in [0, 0.05) is 26.2 Å². The summed E-state index contributed by atoms with van der Waals surface area (Å²) >= 11 is 0. The lowest BCUT2D eigenvalue weighted by Gasteiger charge is -2.30. The molecule has 0 radical (unpaired) electrons. The second-order valence-electron chi connectivity index (χ2n) is 11.8. The lowest BCUT2D eigenvalue weighted by atomic mass is 10.2. The number of nitro benzene ring substituents is 2. The van der Waals surface area contributed by atoms with Crippen LogP contribution in [-0.2, 0) is 9.47 Å². The standard InChI is InChI=1S/C30H46N4O8/c1-9-15-31(25-13-11-23(19-27(25)33(35)36)39-21-41-29(3,4)5)17-18-32(16-10-2)26-14-12-24(20-28(26)34(37)38)40-22-42-30(6,7)8/h11-14,19-20H,9-10,15-18,21-22H2,1-8H3. The highest BCUT2D eigenvalue weighted by molar-refractivity contribution is 5.67. The molecule has 0 aliphatic heterocycles. The third-order valence-electron chi connectivity index (χ3n) is 6.03. The predicted molar refractivity (Wildman–Crippen MR) is 164 cm³/mol. The molecule has 2 rings (SSSR count). The van der Waals surface area contributed by atoms with E-state index in [9.17, 15) is 20.2 Å². The van der Waals surface area contributed by atoms with Gasteiger partial charge < -0.3 is 28.7 Å². The van der Waals surface area contributed by atoms with Crippen LogP contribution in [0.5, 0.6) is 11.5 Å². The first-order valence-electron chi connectivity index (χ1n) is 14.3. The number of hydrogen-bond donors (Lipinski definition) is 0. The van der Waals surface area contributed by atoms with Crippen molar-refractivity contribution in [3.63, 3.8) is 0 Å². The molecule has 0 N–H and O–H groups in total. The molecule has 12 heteroatoms. The van der Waals surface area contributed by atoms with Crippen molar-refractivity contribution in [2.75, 3.05) is 49.6 Å². The van der Waals surface area contributed by atoms with Gasteiger partial charge in [-0.15, -0.1) is 0 Å². The van der Waals surface area contributed by atoms with E-state index in [2.05, 4.69) is 0 Å². The van der Waals surface area contributed by atoms with Gasteiger partial charge in [0.2, 0.25) is 0 Å². The molecule has 0 atom stereocenters. The van der Waals surface area contributed by atoms with E-state index in [0.717, 1.165) is 12.8 Å². The van der Waals surface area contributed by atoms with E-state index < -0.39 is 21.0 Å². The van der Waals surface area contributed by atoms with Gasteiger partial charge in [0.15, 0.2) is 13.6 Å². The Morgan fingerprint density at radius 1 is 0.643 bits per heavy atom. The molecule has 0 bridgehead atoms. The fourth-order valence-corrected chi connectivity index (χ4v) is 4.05. The molecule has 0 saturated heterocycles. The number of ether oxygens (including phenoxy) is 4. The summed E-state index contributed by atoms with van der Waals surface area (Å²) in [5, 5.41) is 24.1. The third kappa shape index (κ3) is 11.3. The summed E-state index contributed by atoms with van der Waals surface area (Å²) in [4.78, 5) is 27.1. The van der Waals surface area contributed by atoms with Crippen molar-refractivity contribution in [2.45, 2.75) is 79.4 Å². The maximum absolute atomic E-state index is 12.0. The van der Waals surface area contributed by atoms with E-state index in [1.807, 2.05) is 65.2 Å². The highest BCUT2D eigenvalue weighted by Gasteiger charge is 2.24. The normalized spacial score (nSPS) is 11.7. The summed E-state index contributed by atoms with van der Waals surface area (Å²) in [6.45, 7) is 17.3. The van der Waals surface area contributed by atoms with Crippen molar-refractivity contribution in [1.29, 1.82) is 0 Å². The summed E-state index contributed by atoms with van der Waals surface area (Å²) < 4.78 is 22.4. The van der Waals surface area contributed by atoms with Gasteiger partial charge in [-0.2, -0.15) is 0 Å². The van der Waals surface area contributed by atoms with Gasteiger partial charge in [-0.3, -0.25) is 20.2 Å². The molecule has 0 aliphatic rings. The first-order valence-corrected chi connectivity index (χ1v) is 14.3. The van der Waals surface area contributed by atoms with Crippen LogP contribution in [0.2, 0.25) is 0 Å². The Morgan fingerprint density at radius 2 is 1.00 bits per heavy atom. The highest BCUT2D eigenvalue weighted by atomic mass is 16.7. The maximum Gasteiger partial charge on any atom is 0.296 e. The van der Waals surface area contributed by atoms with Crippen molar-refractivity contribution in [3.05, 3.63) is 56.6 Å². The molecule has 0 amide bonds. The molecule has 0 unspecified atom stereocenters. The van der Waals surface area contributed by atoms with Crippen LogP contribution in [0, 0.1) is 20.2 Å². The SMILES string of the molecule is CCCN(CCN(CCC)c1ccc(OCOC(C)(C)C)cc1[N+](=O)[O-])c1ccc(OCOC(C)(C)C)cc1[N+](=O)[O-]. The summed E-state index contributed by atoms with van der Waals surface area (Å²) in [6, 6.07) is 9.54. The number of nitrogens with zero attached hydrogens (tertiary/aromatic N) is 4. The fourth-order valence-electron chi connectivity index (χ4n) is 4.05. The van der Waals surface area contributed by atoms with Crippen LogP contribution in [0.1, 0.15) is 68.2 Å². The number of benzene rings is 2. The molecule has 0 aliphatic carbocycles. The molecule has 2 aromatic rings. The Labute approximate surface area is 248 Å². The number of rotatable bonds is 17. The summed E-state index contributed by atoms with van der Waals surface area (Å²) in [5.41, 5.74) is -0.0551. The number of anilines is 2. The van der Waals surface area contributed by atoms with E-state index in [4.69, 9.17) is 18.9 Å². The van der Waals surface area contributed by atoms with Gasteiger partial charge in [0.25, 0.3) is 11.4 Å². The molecule has 0 heterocycles. The molecule has 234 valence electrons. The van der Waals surface area contributed by atoms with E-state index in [0.29, 0.717) is 49.1 Å². The molecule has 42 heavy (non-hydrogen) atoms. The van der Waals surface area contributed by atoms with Crippen LogP contribution in [0.25, 0.3) is 0 Å². The average molecular weight is 591 g/mol. The van der Waals surface area contributed by atoms with Crippen LogP contribution in [0.4, 0.5) is 22.7 Å². The molecule has 2 aromatic carbocycles. The van der Waals surface area contributed by atoms with Crippen LogP contribution in [0.15, 0.2) is 36.4 Å². The summed E-state index contributed by atoms with van der Waals surface area (Å²) in [7, 11) is 0. The molecule has 12 nitrogen and oxygen atoms in total. The smallest absolute Gasteiger partial charge is 0.296 e. The molecular formula is C30H46N4O8. The topological polar surface area (TPSA) is 130 Å². The van der Waals surface area contributed by atoms with Crippen LogP contribution in [-0.4, -0.2) is 60.8 Å². The summed E-state index contributed by atoms with van der Waals surface area (Å²) in [5.74, 6) is 0.675.